The van der Waals surface area contributed by atoms with E-state index in [1.165, 1.54) is 17.4 Å². The van der Waals surface area contributed by atoms with Crippen LogP contribution in [0.2, 0.25) is 0 Å². The molecule has 1 amide bonds. The number of halogens is 1. The number of anilines is 1. The van der Waals surface area contributed by atoms with Gasteiger partial charge in [-0.25, -0.2) is 14.4 Å². The molecule has 1 fully saturated rings. The van der Waals surface area contributed by atoms with Gasteiger partial charge in [0.25, 0.3) is 5.91 Å². The normalized spacial score (nSPS) is 15.5. The van der Waals surface area contributed by atoms with E-state index >= 15 is 0 Å². The number of hydrogen-bond donors (Lipinski definition) is 1. The maximum Gasteiger partial charge on any atom is 0.274 e. The Morgan fingerprint density at radius 1 is 1.27 bits per heavy atom. The highest BCUT2D eigenvalue weighted by molar-refractivity contribution is 7.19. The quantitative estimate of drug-likeness (QED) is 0.498. The Morgan fingerprint density at radius 3 is 2.61 bits per heavy atom. The number of thiophene rings is 1. The van der Waals surface area contributed by atoms with Crippen molar-refractivity contribution in [3.8, 4) is 0 Å². The minimum atomic E-state index is -0.404. The predicted molar refractivity (Wildman–Crippen MR) is 132 cm³/mol. The molecule has 4 heterocycles. The molecule has 1 saturated heterocycles. The molecule has 7 nitrogen and oxygen atoms in total. The summed E-state index contributed by atoms with van der Waals surface area (Å²) in [6.07, 6.45) is 3.68. The third-order valence-corrected chi connectivity index (χ3v) is 6.08. The fourth-order valence-corrected chi connectivity index (χ4v) is 4.34. The lowest BCUT2D eigenvalue weighted by Crippen LogP contribution is -2.53. The summed E-state index contributed by atoms with van der Waals surface area (Å²) in [5, 5.41) is 3.17. The Bertz CT molecular complexity index is 1060. The molecule has 3 aromatic rings. The zero-order valence-electron chi connectivity index (χ0n) is 20.5. The summed E-state index contributed by atoms with van der Waals surface area (Å²) in [5.74, 6) is -0.186. The third kappa shape index (κ3) is 6.23. The second-order valence-electron chi connectivity index (χ2n) is 7.17. The number of methoxy groups -OCH3 is 1. The number of likely N-dealkylation sites (tertiary alicyclic amines) is 1. The number of rotatable bonds is 6. The summed E-state index contributed by atoms with van der Waals surface area (Å²) in [6.45, 7) is 13.1. The molecule has 0 spiro atoms. The molecule has 33 heavy (non-hydrogen) atoms. The Balaban J connectivity index is 0.000000914. The highest BCUT2D eigenvalue weighted by atomic mass is 32.1. The summed E-state index contributed by atoms with van der Waals surface area (Å²) < 4.78 is 19.5. The first-order valence-electron chi connectivity index (χ1n) is 11.4. The van der Waals surface area contributed by atoms with E-state index in [-0.39, 0.29) is 18.0 Å². The van der Waals surface area contributed by atoms with Gasteiger partial charge in [0.2, 0.25) is 5.95 Å². The molecule has 180 valence electrons. The highest BCUT2D eigenvalue weighted by Gasteiger charge is 2.34. The van der Waals surface area contributed by atoms with Gasteiger partial charge in [-0.3, -0.25) is 9.78 Å². The lowest BCUT2D eigenvalue weighted by molar-refractivity contribution is 0.0199. The van der Waals surface area contributed by atoms with E-state index in [0.717, 1.165) is 27.7 Å². The number of aromatic nitrogens is 3. The number of hydrogen-bond acceptors (Lipinski definition) is 7. The molecule has 4 rings (SSSR count). The number of pyridine rings is 1. The molecule has 1 unspecified atom stereocenters. The van der Waals surface area contributed by atoms with Crippen molar-refractivity contribution < 1.29 is 13.9 Å². The lowest BCUT2D eigenvalue weighted by atomic mass is 10.0. The molecule has 0 aliphatic carbocycles. The van der Waals surface area contributed by atoms with Gasteiger partial charge in [0.1, 0.15) is 5.82 Å². The number of aryl methyl sites for hydroxylation is 1. The van der Waals surface area contributed by atoms with Crippen LogP contribution in [-0.2, 0) is 4.74 Å². The van der Waals surface area contributed by atoms with E-state index in [9.17, 15) is 9.18 Å². The van der Waals surface area contributed by atoms with Crippen molar-refractivity contribution in [2.24, 2.45) is 0 Å². The standard InChI is InChI=1S/C20H22FN5O2S.2C2H6/c1-11-6-16-18(29-11)17(19(27)26-5-4-15(26)10-28-3)25-20(24-16)23-12(2)13-7-14(21)9-22-8-13;2*1-2/h6-9,12,15H,4-5,10H2,1-3H3,(H,23,24,25);2*1-2H3/t12?,15-;;/m0../s1. The fraction of sp³-hybridized carbons (Fsp3) is 0.500. The molecule has 9 heteroatoms. The van der Waals surface area contributed by atoms with E-state index in [1.54, 1.807) is 18.2 Å². The number of ether oxygens (including phenoxy) is 1. The lowest BCUT2D eigenvalue weighted by Gasteiger charge is -2.40. The average molecular weight is 476 g/mol. The van der Waals surface area contributed by atoms with Crippen molar-refractivity contribution in [2.45, 2.75) is 60.0 Å². The van der Waals surface area contributed by atoms with Gasteiger partial charge in [-0.1, -0.05) is 27.7 Å². The number of carbonyl (C=O) groups excluding carboxylic acids is 1. The molecule has 1 aliphatic heterocycles. The summed E-state index contributed by atoms with van der Waals surface area (Å²) in [4.78, 5) is 29.0. The predicted octanol–water partition coefficient (Wildman–Crippen LogP) is 5.62. The minimum absolute atomic E-state index is 0.0762. The van der Waals surface area contributed by atoms with Crippen molar-refractivity contribution in [3.63, 3.8) is 0 Å². The zero-order chi connectivity index (χ0) is 24.5. The topological polar surface area (TPSA) is 80.2 Å². The second-order valence-corrected chi connectivity index (χ2v) is 8.42. The van der Waals surface area contributed by atoms with Gasteiger partial charge in [-0.2, -0.15) is 0 Å². The van der Waals surface area contributed by atoms with Gasteiger partial charge in [0.15, 0.2) is 5.69 Å². The van der Waals surface area contributed by atoms with Crippen LogP contribution in [0.1, 0.15) is 68.0 Å². The summed E-state index contributed by atoms with van der Waals surface area (Å²) in [6, 6.07) is 3.16. The Kier molecular flexibility index (Phi) is 10.1. The van der Waals surface area contributed by atoms with Crippen molar-refractivity contribution >= 4 is 33.4 Å². The second kappa shape index (κ2) is 12.6. The van der Waals surface area contributed by atoms with Gasteiger partial charge in [-0.05, 0) is 38.0 Å². The summed E-state index contributed by atoms with van der Waals surface area (Å²) in [5.41, 5.74) is 1.79. The molecule has 0 radical (unpaired) electrons. The molecule has 3 aromatic heterocycles. The molecule has 0 aromatic carbocycles. The smallest absolute Gasteiger partial charge is 0.274 e. The van der Waals surface area contributed by atoms with Crippen molar-refractivity contribution in [2.75, 3.05) is 25.6 Å². The number of nitrogens with one attached hydrogen (secondary N) is 1. The molecule has 2 atom stereocenters. The van der Waals surface area contributed by atoms with Crippen LogP contribution in [0, 0.1) is 12.7 Å². The maximum atomic E-state index is 13.5. The van der Waals surface area contributed by atoms with Crippen LogP contribution in [-0.4, -0.2) is 52.1 Å². The van der Waals surface area contributed by atoms with Gasteiger partial charge < -0.3 is 15.0 Å². The molecular weight excluding hydrogens is 441 g/mol. The maximum absolute atomic E-state index is 13.5. The zero-order valence-corrected chi connectivity index (χ0v) is 21.3. The first-order chi connectivity index (χ1) is 16.0. The SMILES string of the molecule is CC.CC.COC[C@@H]1CCN1C(=O)c1nc(NC(C)c2cncc(F)c2)nc2cc(C)sc12. The fourth-order valence-electron chi connectivity index (χ4n) is 3.41. The van der Waals surface area contributed by atoms with Crippen LogP contribution in [0.4, 0.5) is 10.3 Å². The first-order valence-corrected chi connectivity index (χ1v) is 12.2. The van der Waals surface area contributed by atoms with Crippen molar-refractivity contribution in [3.05, 3.63) is 46.5 Å². The van der Waals surface area contributed by atoms with E-state index < -0.39 is 5.82 Å². The monoisotopic (exact) mass is 475 g/mol. The number of fused-ring (bicyclic) bond motifs is 1. The van der Waals surface area contributed by atoms with Gasteiger partial charge in [0, 0.05) is 24.7 Å². The van der Waals surface area contributed by atoms with Crippen molar-refractivity contribution in [1.29, 1.82) is 0 Å². The van der Waals surface area contributed by atoms with Crippen LogP contribution >= 0.6 is 11.3 Å². The van der Waals surface area contributed by atoms with Crippen LogP contribution < -0.4 is 5.32 Å². The van der Waals surface area contributed by atoms with Crippen LogP contribution in [0.3, 0.4) is 0 Å². The van der Waals surface area contributed by atoms with E-state index in [4.69, 9.17) is 4.74 Å². The van der Waals surface area contributed by atoms with Crippen LogP contribution in [0.5, 0.6) is 0 Å². The molecular formula is C24H34FN5O2S. The van der Waals surface area contributed by atoms with E-state index in [2.05, 4.69) is 20.3 Å². The third-order valence-electron chi connectivity index (χ3n) is 5.03. The van der Waals surface area contributed by atoms with E-state index in [0.29, 0.717) is 30.4 Å². The van der Waals surface area contributed by atoms with Crippen LogP contribution in [0.15, 0.2) is 24.5 Å². The summed E-state index contributed by atoms with van der Waals surface area (Å²) in [7, 11) is 1.64. The number of carbonyl (C=O) groups is 1. The molecule has 0 bridgehead atoms. The molecule has 1 N–H and O–H groups in total. The Hall–Kier alpha value is -2.65. The molecule has 0 saturated carbocycles. The first kappa shape index (κ1) is 26.6. The van der Waals surface area contributed by atoms with Gasteiger partial charge in [-0.15, -0.1) is 11.3 Å². The largest absolute Gasteiger partial charge is 0.383 e. The van der Waals surface area contributed by atoms with E-state index in [1.807, 2.05) is 47.6 Å². The Labute approximate surface area is 199 Å². The van der Waals surface area contributed by atoms with Gasteiger partial charge in [0.05, 0.1) is 35.1 Å². The van der Waals surface area contributed by atoms with Crippen molar-refractivity contribution in [1.82, 2.24) is 19.9 Å². The van der Waals surface area contributed by atoms with Crippen LogP contribution in [0.25, 0.3) is 10.2 Å². The average Bonchev–Trinajstić information content (AvgIpc) is 3.18. The minimum Gasteiger partial charge on any atom is -0.383 e. The van der Waals surface area contributed by atoms with Gasteiger partial charge >= 0.3 is 0 Å². The Morgan fingerprint density at radius 2 is 2.00 bits per heavy atom. The number of amides is 1. The summed E-state index contributed by atoms with van der Waals surface area (Å²) >= 11 is 1.51. The molecule has 1 aliphatic rings. The highest BCUT2D eigenvalue weighted by Crippen LogP contribution is 2.31. The number of nitrogens with zero attached hydrogens (tertiary/aromatic N) is 4.